The molecule has 0 saturated carbocycles. The summed E-state index contributed by atoms with van der Waals surface area (Å²) in [6.45, 7) is 0. The molecule has 6 heteroatoms. The van der Waals surface area contributed by atoms with Crippen molar-refractivity contribution in [2.24, 2.45) is 0 Å². The van der Waals surface area contributed by atoms with Crippen LogP contribution in [0.4, 0.5) is 0 Å². The average molecular weight is 137 g/mol. The fourth-order valence-corrected chi connectivity index (χ4v) is 0.675. The zero-order valence-corrected chi connectivity index (χ0v) is 4.85. The maximum atomic E-state index is 10.9. The van der Waals surface area contributed by atoms with Crippen LogP contribution in [0.2, 0.25) is 0 Å². The highest BCUT2D eigenvalue weighted by Gasteiger charge is 1.95. The zero-order chi connectivity index (χ0) is 6.97. The summed E-state index contributed by atoms with van der Waals surface area (Å²) in [6.07, 6.45) is 1.39. The third-order valence-electron chi connectivity index (χ3n) is 1.11. The average Bonchev–Trinajstić information content (AvgIpc) is 2.36. The van der Waals surface area contributed by atoms with Gasteiger partial charge in [0.2, 0.25) is 0 Å². The van der Waals surface area contributed by atoms with Crippen LogP contribution in [0, 0.1) is 0 Å². The first kappa shape index (κ1) is 5.10. The van der Waals surface area contributed by atoms with E-state index in [1.54, 1.807) is 0 Å². The fraction of sp³-hybridized carbons (Fsp3) is 0. The summed E-state index contributed by atoms with van der Waals surface area (Å²) in [5.41, 5.74) is -0.213. The van der Waals surface area contributed by atoms with Crippen LogP contribution in [-0.4, -0.2) is 25.0 Å². The van der Waals surface area contributed by atoms with E-state index in [4.69, 9.17) is 0 Å². The van der Waals surface area contributed by atoms with Gasteiger partial charge in [-0.3, -0.25) is 4.79 Å². The van der Waals surface area contributed by atoms with E-state index in [2.05, 4.69) is 20.5 Å². The van der Waals surface area contributed by atoms with Gasteiger partial charge in [0.1, 0.15) is 0 Å². The van der Waals surface area contributed by atoms with E-state index < -0.39 is 0 Å². The van der Waals surface area contributed by atoms with E-state index >= 15 is 0 Å². The van der Waals surface area contributed by atoms with Crippen LogP contribution >= 0.6 is 0 Å². The van der Waals surface area contributed by atoms with Crippen LogP contribution < -0.4 is 5.56 Å². The summed E-state index contributed by atoms with van der Waals surface area (Å²) in [4.78, 5) is 14.6. The molecule has 0 radical (unpaired) electrons. The number of rotatable bonds is 0. The minimum atomic E-state index is -0.213. The first-order valence-electron chi connectivity index (χ1n) is 2.63. The summed E-state index contributed by atoms with van der Waals surface area (Å²) >= 11 is 0. The molecule has 0 unspecified atom stereocenters. The van der Waals surface area contributed by atoms with Crippen molar-refractivity contribution in [1.82, 2.24) is 25.0 Å². The first-order chi connectivity index (χ1) is 4.88. The number of H-pyrrole nitrogens is 1. The molecule has 2 heterocycles. The van der Waals surface area contributed by atoms with E-state index in [1.807, 2.05) is 0 Å². The largest absolute Gasteiger partial charge is 0.275 e. The quantitative estimate of drug-likeness (QED) is 0.495. The van der Waals surface area contributed by atoms with E-state index in [1.165, 1.54) is 12.3 Å². The monoisotopic (exact) mass is 137 g/mol. The molecule has 0 spiro atoms. The van der Waals surface area contributed by atoms with Crippen molar-refractivity contribution < 1.29 is 0 Å². The molecule has 0 aliphatic heterocycles. The Balaban J connectivity index is 3.09. The van der Waals surface area contributed by atoms with Gasteiger partial charge in [-0.15, -0.1) is 0 Å². The van der Waals surface area contributed by atoms with Crippen LogP contribution in [0.1, 0.15) is 0 Å². The van der Waals surface area contributed by atoms with Gasteiger partial charge in [0.05, 0.1) is 0 Å². The van der Waals surface area contributed by atoms with Crippen molar-refractivity contribution in [2.45, 2.75) is 0 Å². The Morgan fingerprint density at radius 3 is 3.30 bits per heavy atom. The number of tetrazole rings is 1. The summed E-state index contributed by atoms with van der Waals surface area (Å²) in [5.74, 6) is 0.285. The molecular weight excluding hydrogens is 134 g/mol. The number of nitrogens with one attached hydrogen (secondary N) is 1. The molecule has 0 bridgehead atoms. The third kappa shape index (κ3) is 0.524. The second kappa shape index (κ2) is 1.63. The van der Waals surface area contributed by atoms with Crippen LogP contribution in [-0.2, 0) is 0 Å². The molecule has 50 valence electrons. The predicted octanol–water partition coefficient (Wildman–Crippen LogP) is -1.19. The molecule has 0 fully saturated rings. The predicted molar refractivity (Wildman–Crippen MR) is 31.4 cm³/mol. The smallest absolute Gasteiger partial charge is 0.267 e. The Bertz CT molecular complexity index is 401. The minimum absolute atomic E-state index is 0.213. The van der Waals surface area contributed by atoms with Gasteiger partial charge in [0.25, 0.3) is 11.3 Å². The lowest BCUT2D eigenvalue weighted by molar-refractivity contribution is 0.800. The Morgan fingerprint density at radius 1 is 1.60 bits per heavy atom. The standard InChI is InChI=1S/C4H3N5O/c10-3-1-2-5-4-6-7-8-9(3)4/h1-2H,(H,5,6,8). The minimum Gasteiger partial charge on any atom is -0.267 e. The number of aromatic nitrogens is 5. The fourth-order valence-electron chi connectivity index (χ4n) is 0.675. The second-order valence-electron chi connectivity index (χ2n) is 1.72. The summed E-state index contributed by atoms with van der Waals surface area (Å²) in [7, 11) is 0. The van der Waals surface area contributed by atoms with Crippen LogP contribution in [0.25, 0.3) is 5.78 Å². The van der Waals surface area contributed by atoms with E-state index in [-0.39, 0.29) is 11.3 Å². The van der Waals surface area contributed by atoms with Crippen LogP contribution in [0.3, 0.4) is 0 Å². The molecule has 6 nitrogen and oxygen atoms in total. The van der Waals surface area contributed by atoms with Gasteiger partial charge >= 0.3 is 0 Å². The van der Waals surface area contributed by atoms with Gasteiger partial charge < -0.3 is 0 Å². The molecule has 2 aromatic rings. The first-order valence-corrected chi connectivity index (χ1v) is 2.63. The molecule has 2 aromatic heterocycles. The molecule has 0 atom stereocenters. The maximum Gasteiger partial charge on any atom is 0.275 e. The third-order valence-corrected chi connectivity index (χ3v) is 1.11. The van der Waals surface area contributed by atoms with Gasteiger partial charge in [-0.05, 0) is 5.21 Å². The number of aromatic amines is 1. The lowest BCUT2D eigenvalue weighted by Crippen LogP contribution is -2.12. The number of hydrogen-bond acceptors (Lipinski definition) is 4. The molecule has 0 aliphatic carbocycles. The van der Waals surface area contributed by atoms with Crippen molar-refractivity contribution >= 4 is 5.78 Å². The van der Waals surface area contributed by atoms with E-state index in [0.29, 0.717) is 0 Å². The zero-order valence-electron chi connectivity index (χ0n) is 4.85. The van der Waals surface area contributed by atoms with Crippen LogP contribution in [0.5, 0.6) is 0 Å². The number of fused-ring (bicyclic) bond motifs is 1. The number of hydrogen-bond donors (Lipinski definition) is 1. The maximum absolute atomic E-state index is 10.9. The Hall–Kier alpha value is -1.72. The Morgan fingerprint density at radius 2 is 2.50 bits per heavy atom. The molecule has 0 aliphatic rings. The van der Waals surface area contributed by atoms with E-state index in [9.17, 15) is 4.79 Å². The highest BCUT2D eigenvalue weighted by Crippen LogP contribution is 1.80. The van der Waals surface area contributed by atoms with Gasteiger partial charge in [-0.25, -0.2) is 4.98 Å². The molecule has 1 N–H and O–H groups in total. The van der Waals surface area contributed by atoms with Crippen molar-refractivity contribution in [3.63, 3.8) is 0 Å². The molecule has 0 aromatic carbocycles. The molecule has 2 rings (SSSR count). The lowest BCUT2D eigenvalue weighted by atomic mass is 10.7. The van der Waals surface area contributed by atoms with Crippen molar-refractivity contribution in [3.8, 4) is 0 Å². The van der Waals surface area contributed by atoms with Gasteiger partial charge in [0.15, 0.2) is 0 Å². The summed E-state index contributed by atoms with van der Waals surface area (Å²) in [6, 6.07) is 1.33. The lowest BCUT2D eigenvalue weighted by Gasteiger charge is -1.82. The van der Waals surface area contributed by atoms with Crippen molar-refractivity contribution in [3.05, 3.63) is 22.6 Å². The van der Waals surface area contributed by atoms with Crippen LogP contribution in [0.15, 0.2) is 17.1 Å². The summed E-state index contributed by atoms with van der Waals surface area (Å²) in [5, 5.41) is 9.28. The van der Waals surface area contributed by atoms with E-state index in [0.717, 1.165) is 4.52 Å². The molecule has 10 heavy (non-hydrogen) atoms. The molecule has 0 amide bonds. The highest BCUT2D eigenvalue weighted by atomic mass is 16.1. The Kier molecular flexibility index (Phi) is 0.830. The molecule has 0 saturated heterocycles. The second-order valence-corrected chi connectivity index (χ2v) is 1.72. The highest BCUT2D eigenvalue weighted by molar-refractivity contribution is 5.20. The SMILES string of the molecule is O=c1ccnc2nn[nH]n12. The Labute approximate surface area is 54.5 Å². The van der Waals surface area contributed by atoms with Gasteiger partial charge in [0, 0.05) is 12.3 Å². The van der Waals surface area contributed by atoms with Crippen molar-refractivity contribution in [2.75, 3.05) is 0 Å². The summed E-state index contributed by atoms with van der Waals surface area (Å²) < 4.78 is 1.15. The normalized spacial score (nSPS) is 10.4. The van der Waals surface area contributed by atoms with Crippen molar-refractivity contribution in [1.29, 1.82) is 0 Å². The topological polar surface area (TPSA) is 75.9 Å². The van der Waals surface area contributed by atoms with Gasteiger partial charge in [-0.1, -0.05) is 5.10 Å². The number of nitrogens with zero attached hydrogens (tertiary/aromatic N) is 4. The van der Waals surface area contributed by atoms with Gasteiger partial charge in [-0.2, -0.15) is 9.73 Å². The molecular formula is C4H3N5O.